The van der Waals surface area contributed by atoms with Crippen molar-refractivity contribution in [1.82, 2.24) is 4.90 Å². The number of carbonyl (C=O) groups is 2. The largest absolute Gasteiger partial charge is 0.493 e. The fourth-order valence-electron chi connectivity index (χ4n) is 2.93. The van der Waals surface area contributed by atoms with Gasteiger partial charge in [-0.3, -0.25) is 9.59 Å². The third kappa shape index (κ3) is 6.93. The first kappa shape index (κ1) is 22.5. The summed E-state index contributed by atoms with van der Waals surface area (Å²) in [5, 5.41) is 2.88. The van der Waals surface area contributed by atoms with Crippen molar-refractivity contribution in [2.24, 2.45) is 5.92 Å². The highest BCUT2D eigenvalue weighted by Gasteiger charge is 2.14. The zero-order valence-electron chi connectivity index (χ0n) is 17.9. The molecule has 29 heavy (non-hydrogen) atoms. The minimum atomic E-state index is -0.210. The lowest BCUT2D eigenvalue weighted by Gasteiger charge is -2.21. The first-order chi connectivity index (χ1) is 13.9. The maximum Gasteiger partial charge on any atom is 0.255 e. The van der Waals surface area contributed by atoms with Crippen LogP contribution in [0.15, 0.2) is 48.5 Å². The van der Waals surface area contributed by atoms with Crippen LogP contribution in [0, 0.1) is 5.92 Å². The molecule has 5 nitrogen and oxygen atoms in total. The van der Waals surface area contributed by atoms with Crippen molar-refractivity contribution in [1.29, 1.82) is 0 Å². The molecular formula is C24H32N2O3. The number of amides is 2. The Balaban J connectivity index is 2.03. The van der Waals surface area contributed by atoms with Gasteiger partial charge in [-0.1, -0.05) is 33.8 Å². The summed E-state index contributed by atoms with van der Waals surface area (Å²) in [5.74, 6) is 0.915. The maximum absolute atomic E-state index is 12.7. The third-order valence-electron chi connectivity index (χ3n) is 4.34. The molecule has 2 aromatic carbocycles. The summed E-state index contributed by atoms with van der Waals surface area (Å²) in [5.41, 5.74) is 1.81. The van der Waals surface area contributed by atoms with Crippen LogP contribution >= 0.6 is 0 Å². The van der Waals surface area contributed by atoms with Gasteiger partial charge in [0, 0.05) is 29.9 Å². The standard InChI is InChI=1S/C24H32N2O3/c1-5-14-26(15-6-2)24(28)19-10-12-21(13-11-19)25-23(27)20-8-7-9-22(16-20)29-17-18(3)4/h7-13,16,18H,5-6,14-15,17H2,1-4H3,(H,25,27). The van der Waals surface area contributed by atoms with Crippen LogP contribution < -0.4 is 10.1 Å². The van der Waals surface area contributed by atoms with Crippen LogP contribution in [0.25, 0.3) is 0 Å². The molecule has 0 saturated carbocycles. The average Bonchev–Trinajstić information content (AvgIpc) is 2.72. The van der Waals surface area contributed by atoms with E-state index in [1.54, 1.807) is 36.4 Å². The fourth-order valence-corrected chi connectivity index (χ4v) is 2.93. The molecule has 0 unspecified atom stereocenters. The molecule has 0 aliphatic carbocycles. The fraction of sp³-hybridized carbons (Fsp3) is 0.417. The van der Waals surface area contributed by atoms with E-state index >= 15 is 0 Å². The monoisotopic (exact) mass is 396 g/mol. The highest BCUT2D eigenvalue weighted by atomic mass is 16.5. The van der Waals surface area contributed by atoms with Gasteiger partial charge < -0.3 is 15.0 Å². The van der Waals surface area contributed by atoms with Gasteiger partial charge in [0.2, 0.25) is 0 Å². The molecule has 0 aromatic heterocycles. The van der Waals surface area contributed by atoms with Gasteiger partial charge in [0.15, 0.2) is 0 Å². The van der Waals surface area contributed by atoms with E-state index in [1.165, 1.54) is 0 Å². The van der Waals surface area contributed by atoms with Crippen molar-refractivity contribution in [2.75, 3.05) is 25.0 Å². The first-order valence-electron chi connectivity index (χ1n) is 10.4. The molecule has 5 heteroatoms. The molecule has 156 valence electrons. The maximum atomic E-state index is 12.7. The van der Waals surface area contributed by atoms with Crippen molar-refractivity contribution >= 4 is 17.5 Å². The summed E-state index contributed by atoms with van der Waals surface area (Å²) in [6.45, 7) is 10.4. The Morgan fingerprint density at radius 2 is 1.62 bits per heavy atom. The quantitative estimate of drug-likeness (QED) is 0.598. The molecule has 1 N–H and O–H groups in total. The number of nitrogens with one attached hydrogen (secondary N) is 1. The lowest BCUT2D eigenvalue weighted by atomic mass is 10.1. The smallest absolute Gasteiger partial charge is 0.255 e. The minimum absolute atomic E-state index is 0.0292. The van der Waals surface area contributed by atoms with Crippen molar-refractivity contribution < 1.29 is 14.3 Å². The molecule has 0 bridgehead atoms. The van der Waals surface area contributed by atoms with Gasteiger partial charge >= 0.3 is 0 Å². The number of hydrogen-bond acceptors (Lipinski definition) is 3. The molecule has 0 spiro atoms. The zero-order chi connectivity index (χ0) is 21.2. The molecular weight excluding hydrogens is 364 g/mol. The number of benzene rings is 2. The molecule has 2 rings (SSSR count). The Kier molecular flexibility index (Phi) is 8.71. The molecule has 0 aliphatic rings. The van der Waals surface area contributed by atoms with Gasteiger partial charge in [-0.25, -0.2) is 0 Å². The van der Waals surface area contributed by atoms with E-state index < -0.39 is 0 Å². The van der Waals surface area contributed by atoms with Crippen LogP contribution in [0.1, 0.15) is 61.3 Å². The number of carbonyl (C=O) groups excluding carboxylic acids is 2. The van der Waals surface area contributed by atoms with Crippen molar-refractivity contribution in [3.05, 3.63) is 59.7 Å². The van der Waals surface area contributed by atoms with E-state index in [0.29, 0.717) is 35.1 Å². The molecule has 0 saturated heterocycles. The Labute approximate surface area is 174 Å². The first-order valence-corrected chi connectivity index (χ1v) is 10.4. The van der Waals surface area contributed by atoms with Crippen LogP contribution in [0.2, 0.25) is 0 Å². The lowest BCUT2D eigenvalue weighted by Crippen LogP contribution is -2.32. The summed E-state index contributed by atoms with van der Waals surface area (Å²) in [4.78, 5) is 27.1. The van der Waals surface area contributed by atoms with Crippen LogP contribution in [0.5, 0.6) is 5.75 Å². The predicted molar refractivity (Wildman–Crippen MR) is 118 cm³/mol. The molecule has 0 aliphatic heterocycles. The molecule has 0 radical (unpaired) electrons. The Bertz CT molecular complexity index is 794. The normalized spacial score (nSPS) is 10.7. The summed E-state index contributed by atoms with van der Waals surface area (Å²) in [6.07, 6.45) is 1.86. The van der Waals surface area contributed by atoms with E-state index in [0.717, 1.165) is 25.9 Å². The van der Waals surface area contributed by atoms with Gasteiger partial charge in [0.05, 0.1) is 6.61 Å². The summed E-state index contributed by atoms with van der Waals surface area (Å²) >= 11 is 0. The SMILES string of the molecule is CCCN(CCC)C(=O)c1ccc(NC(=O)c2cccc(OCC(C)C)c2)cc1. The minimum Gasteiger partial charge on any atom is -0.493 e. The predicted octanol–water partition coefficient (Wildman–Crippen LogP) is 5.24. The summed E-state index contributed by atoms with van der Waals surface area (Å²) in [7, 11) is 0. The van der Waals surface area contributed by atoms with Crippen molar-refractivity contribution in [2.45, 2.75) is 40.5 Å². The van der Waals surface area contributed by atoms with E-state index in [-0.39, 0.29) is 11.8 Å². The van der Waals surface area contributed by atoms with E-state index in [4.69, 9.17) is 4.74 Å². The second-order valence-corrected chi connectivity index (χ2v) is 7.56. The van der Waals surface area contributed by atoms with Gasteiger partial charge in [-0.15, -0.1) is 0 Å². The van der Waals surface area contributed by atoms with Gasteiger partial charge in [0.1, 0.15) is 5.75 Å². The number of nitrogens with zero attached hydrogens (tertiary/aromatic N) is 1. The van der Waals surface area contributed by atoms with Gasteiger partial charge in [-0.2, -0.15) is 0 Å². The van der Waals surface area contributed by atoms with Crippen molar-refractivity contribution in [3.8, 4) is 5.75 Å². The van der Waals surface area contributed by atoms with E-state index in [9.17, 15) is 9.59 Å². The Morgan fingerprint density at radius 1 is 0.966 bits per heavy atom. The summed E-state index contributed by atoms with van der Waals surface area (Å²) < 4.78 is 5.69. The molecule has 0 fully saturated rings. The lowest BCUT2D eigenvalue weighted by molar-refractivity contribution is 0.0755. The third-order valence-corrected chi connectivity index (χ3v) is 4.34. The number of rotatable bonds is 10. The second kappa shape index (κ2) is 11.2. The number of ether oxygens (including phenoxy) is 1. The van der Waals surface area contributed by atoms with E-state index in [1.807, 2.05) is 17.0 Å². The molecule has 2 aromatic rings. The van der Waals surface area contributed by atoms with Gasteiger partial charge in [-0.05, 0) is 61.2 Å². The average molecular weight is 397 g/mol. The highest BCUT2D eigenvalue weighted by molar-refractivity contribution is 6.04. The van der Waals surface area contributed by atoms with Crippen molar-refractivity contribution in [3.63, 3.8) is 0 Å². The number of hydrogen-bond donors (Lipinski definition) is 1. The van der Waals surface area contributed by atoms with Crippen LogP contribution in [-0.4, -0.2) is 36.4 Å². The highest BCUT2D eigenvalue weighted by Crippen LogP contribution is 2.17. The molecule has 0 atom stereocenters. The molecule has 2 amide bonds. The van der Waals surface area contributed by atoms with E-state index in [2.05, 4.69) is 33.0 Å². The van der Waals surface area contributed by atoms with Crippen LogP contribution in [-0.2, 0) is 0 Å². The van der Waals surface area contributed by atoms with Gasteiger partial charge in [0.25, 0.3) is 11.8 Å². The summed E-state index contributed by atoms with van der Waals surface area (Å²) in [6, 6.07) is 14.2. The topological polar surface area (TPSA) is 58.6 Å². The van der Waals surface area contributed by atoms with Crippen LogP contribution in [0.3, 0.4) is 0 Å². The second-order valence-electron chi connectivity index (χ2n) is 7.56. The van der Waals surface area contributed by atoms with Crippen LogP contribution in [0.4, 0.5) is 5.69 Å². The Hall–Kier alpha value is -2.82. The Morgan fingerprint density at radius 3 is 2.21 bits per heavy atom. The molecule has 0 heterocycles. The number of anilines is 1. The zero-order valence-corrected chi connectivity index (χ0v) is 17.9.